The molecule has 0 aromatic heterocycles. The summed E-state index contributed by atoms with van der Waals surface area (Å²) in [7, 11) is 3.88. The van der Waals surface area contributed by atoms with Crippen molar-refractivity contribution in [1.82, 2.24) is 10.4 Å². The molecular formula is C6H14N2O. The Morgan fingerprint density at radius 1 is 1.67 bits per heavy atom. The van der Waals surface area contributed by atoms with Crippen molar-refractivity contribution < 1.29 is 4.84 Å². The molecule has 9 heavy (non-hydrogen) atoms. The molecule has 3 heteroatoms. The van der Waals surface area contributed by atoms with E-state index >= 15 is 0 Å². The Kier molecular flexibility index (Phi) is 2.45. The standard InChI is InChI=1S/C6H14N2O/c1-7-9-6-4-3-5-8(6)2/h6-7H,3-5H2,1-2H3. The van der Waals surface area contributed by atoms with Gasteiger partial charge in [0.25, 0.3) is 0 Å². The van der Waals surface area contributed by atoms with Crippen molar-refractivity contribution in [2.75, 3.05) is 20.6 Å². The number of hydroxylamine groups is 1. The molecule has 0 saturated carbocycles. The van der Waals surface area contributed by atoms with E-state index in [1.807, 2.05) is 0 Å². The Labute approximate surface area is 55.9 Å². The maximum Gasteiger partial charge on any atom is 0.131 e. The second-order valence-corrected chi connectivity index (χ2v) is 2.40. The van der Waals surface area contributed by atoms with Crippen molar-refractivity contribution in [3.05, 3.63) is 0 Å². The summed E-state index contributed by atoms with van der Waals surface area (Å²) in [4.78, 5) is 7.40. The molecule has 54 valence electrons. The quantitative estimate of drug-likeness (QED) is 0.540. The van der Waals surface area contributed by atoms with Crippen molar-refractivity contribution in [3.8, 4) is 0 Å². The third-order valence-corrected chi connectivity index (χ3v) is 1.71. The van der Waals surface area contributed by atoms with Gasteiger partial charge in [0.2, 0.25) is 0 Å². The van der Waals surface area contributed by atoms with Crippen LogP contribution >= 0.6 is 0 Å². The maximum atomic E-state index is 5.19. The number of likely N-dealkylation sites (tertiary alicyclic amines) is 1. The summed E-state index contributed by atoms with van der Waals surface area (Å²) in [5, 5.41) is 0. The molecule has 0 aliphatic carbocycles. The highest BCUT2D eigenvalue weighted by Crippen LogP contribution is 2.13. The highest BCUT2D eigenvalue weighted by Gasteiger charge is 2.20. The van der Waals surface area contributed by atoms with E-state index in [4.69, 9.17) is 4.84 Å². The van der Waals surface area contributed by atoms with Crippen LogP contribution in [0.1, 0.15) is 12.8 Å². The highest BCUT2D eigenvalue weighted by molar-refractivity contribution is 4.66. The predicted molar refractivity (Wildman–Crippen MR) is 35.8 cm³/mol. The van der Waals surface area contributed by atoms with Crippen LogP contribution in [0.2, 0.25) is 0 Å². The molecule has 1 heterocycles. The van der Waals surface area contributed by atoms with E-state index in [2.05, 4.69) is 17.4 Å². The Hall–Kier alpha value is -0.120. The van der Waals surface area contributed by atoms with Crippen molar-refractivity contribution in [3.63, 3.8) is 0 Å². The summed E-state index contributed by atoms with van der Waals surface area (Å²) in [6.45, 7) is 1.16. The van der Waals surface area contributed by atoms with Gasteiger partial charge in [-0.15, -0.1) is 0 Å². The lowest BCUT2D eigenvalue weighted by Crippen LogP contribution is -2.31. The van der Waals surface area contributed by atoms with Crippen LogP contribution in [0.5, 0.6) is 0 Å². The minimum Gasteiger partial charge on any atom is -0.283 e. The van der Waals surface area contributed by atoms with Gasteiger partial charge in [-0.05, 0) is 19.9 Å². The SMILES string of the molecule is CNOC1CCCN1C. The highest BCUT2D eigenvalue weighted by atomic mass is 16.7. The van der Waals surface area contributed by atoms with Gasteiger partial charge in [-0.25, -0.2) is 5.48 Å². The van der Waals surface area contributed by atoms with Crippen LogP contribution < -0.4 is 5.48 Å². The normalized spacial score (nSPS) is 29.3. The molecule has 0 spiro atoms. The zero-order valence-corrected chi connectivity index (χ0v) is 6.05. The van der Waals surface area contributed by atoms with E-state index < -0.39 is 0 Å². The molecule has 0 amide bonds. The third kappa shape index (κ3) is 1.64. The zero-order valence-electron chi connectivity index (χ0n) is 6.05. The summed E-state index contributed by atoms with van der Waals surface area (Å²) in [6, 6.07) is 0. The Morgan fingerprint density at radius 2 is 2.44 bits per heavy atom. The molecule has 1 N–H and O–H groups in total. The summed E-state index contributed by atoms with van der Waals surface area (Å²) in [5.74, 6) is 0. The molecule has 0 aromatic carbocycles. The van der Waals surface area contributed by atoms with E-state index in [-0.39, 0.29) is 0 Å². The molecule has 0 aromatic rings. The monoisotopic (exact) mass is 130 g/mol. The first-order chi connectivity index (χ1) is 4.34. The van der Waals surface area contributed by atoms with Gasteiger partial charge in [0.05, 0.1) is 0 Å². The lowest BCUT2D eigenvalue weighted by atomic mass is 10.4. The molecule has 3 nitrogen and oxygen atoms in total. The van der Waals surface area contributed by atoms with Gasteiger partial charge >= 0.3 is 0 Å². The van der Waals surface area contributed by atoms with Gasteiger partial charge in [0.15, 0.2) is 0 Å². The van der Waals surface area contributed by atoms with Crippen molar-refractivity contribution >= 4 is 0 Å². The predicted octanol–water partition coefficient (Wildman–Crippen LogP) is 0.189. The lowest BCUT2D eigenvalue weighted by molar-refractivity contribution is -0.0737. The molecular weight excluding hydrogens is 116 g/mol. The van der Waals surface area contributed by atoms with E-state index in [1.54, 1.807) is 7.05 Å². The average molecular weight is 130 g/mol. The molecule has 1 atom stereocenters. The summed E-state index contributed by atoms with van der Waals surface area (Å²) in [6.07, 6.45) is 2.70. The number of rotatable bonds is 2. The molecule has 1 aliphatic rings. The minimum atomic E-state index is 0.301. The molecule has 1 saturated heterocycles. The fourth-order valence-corrected chi connectivity index (χ4v) is 1.16. The zero-order chi connectivity index (χ0) is 6.69. The fourth-order valence-electron chi connectivity index (χ4n) is 1.16. The maximum absolute atomic E-state index is 5.19. The molecule has 1 fully saturated rings. The van der Waals surface area contributed by atoms with Crippen molar-refractivity contribution in [2.45, 2.75) is 19.1 Å². The number of hydrogen-bond donors (Lipinski definition) is 1. The molecule has 1 rings (SSSR count). The van der Waals surface area contributed by atoms with E-state index in [9.17, 15) is 0 Å². The third-order valence-electron chi connectivity index (χ3n) is 1.71. The van der Waals surface area contributed by atoms with Crippen molar-refractivity contribution in [1.29, 1.82) is 0 Å². The Bertz CT molecular complexity index is 87.1. The topological polar surface area (TPSA) is 24.5 Å². The lowest BCUT2D eigenvalue weighted by Gasteiger charge is -2.17. The van der Waals surface area contributed by atoms with Crippen LogP contribution in [0.4, 0.5) is 0 Å². The van der Waals surface area contributed by atoms with Crippen molar-refractivity contribution in [2.24, 2.45) is 0 Å². The smallest absolute Gasteiger partial charge is 0.131 e. The summed E-state index contributed by atoms with van der Waals surface area (Å²) < 4.78 is 0. The second kappa shape index (κ2) is 3.15. The Balaban J connectivity index is 2.22. The van der Waals surface area contributed by atoms with E-state index in [1.165, 1.54) is 6.42 Å². The fraction of sp³-hybridized carbons (Fsp3) is 1.00. The van der Waals surface area contributed by atoms with E-state index in [0.717, 1.165) is 13.0 Å². The second-order valence-electron chi connectivity index (χ2n) is 2.40. The number of nitrogens with one attached hydrogen (secondary N) is 1. The van der Waals surface area contributed by atoms with Crippen LogP contribution in [-0.2, 0) is 4.84 Å². The molecule has 1 aliphatic heterocycles. The van der Waals surface area contributed by atoms with Gasteiger partial charge in [-0.2, -0.15) is 0 Å². The minimum absolute atomic E-state index is 0.301. The van der Waals surface area contributed by atoms with E-state index in [0.29, 0.717) is 6.23 Å². The number of nitrogens with zero attached hydrogens (tertiary/aromatic N) is 1. The summed E-state index contributed by atoms with van der Waals surface area (Å²) >= 11 is 0. The van der Waals surface area contributed by atoms with Gasteiger partial charge in [0, 0.05) is 13.6 Å². The summed E-state index contributed by atoms with van der Waals surface area (Å²) in [5.41, 5.74) is 2.70. The van der Waals surface area contributed by atoms with Crippen LogP contribution in [0.25, 0.3) is 0 Å². The first-order valence-corrected chi connectivity index (χ1v) is 3.37. The largest absolute Gasteiger partial charge is 0.283 e. The molecule has 1 unspecified atom stereocenters. The first kappa shape index (κ1) is 6.99. The van der Waals surface area contributed by atoms with Gasteiger partial charge in [0.1, 0.15) is 6.23 Å². The van der Waals surface area contributed by atoms with Crippen LogP contribution in [-0.4, -0.2) is 31.8 Å². The van der Waals surface area contributed by atoms with Gasteiger partial charge in [-0.1, -0.05) is 0 Å². The van der Waals surface area contributed by atoms with Crippen LogP contribution in [0.3, 0.4) is 0 Å². The van der Waals surface area contributed by atoms with Gasteiger partial charge < -0.3 is 0 Å². The number of hydrogen-bond acceptors (Lipinski definition) is 3. The Morgan fingerprint density at radius 3 is 2.89 bits per heavy atom. The molecule has 0 radical (unpaired) electrons. The van der Waals surface area contributed by atoms with Crippen LogP contribution in [0, 0.1) is 0 Å². The average Bonchev–Trinajstić information content (AvgIpc) is 2.18. The first-order valence-electron chi connectivity index (χ1n) is 3.37. The van der Waals surface area contributed by atoms with Gasteiger partial charge in [-0.3, -0.25) is 9.74 Å². The molecule has 0 bridgehead atoms. The van der Waals surface area contributed by atoms with Crippen LogP contribution in [0.15, 0.2) is 0 Å².